The Kier molecular flexibility index (Phi) is 4.18. The number of nitrogens with zero attached hydrogens (tertiary/aromatic N) is 4. The molecule has 7 nitrogen and oxygen atoms in total. The second-order valence-corrected chi connectivity index (χ2v) is 5.82. The van der Waals surface area contributed by atoms with Gasteiger partial charge in [-0.1, -0.05) is 29.4 Å². The minimum atomic E-state index is -0.128. The van der Waals surface area contributed by atoms with Crippen molar-refractivity contribution >= 4 is 10.9 Å². The summed E-state index contributed by atoms with van der Waals surface area (Å²) in [6.07, 6.45) is 2.02. The maximum atomic E-state index is 12.5. The fourth-order valence-electron chi connectivity index (χ4n) is 2.72. The van der Waals surface area contributed by atoms with Gasteiger partial charge < -0.3 is 9.26 Å². The van der Waals surface area contributed by atoms with E-state index >= 15 is 0 Å². The van der Waals surface area contributed by atoms with Gasteiger partial charge in [-0.2, -0.15) is 4.98 Å². The standard InChI is InChI=1S/C19H16N4O3/c1-25-14-8-6-13(7-9-14)10-18-21-17(22-26-18)11-23-12-20-16-5-3-2-4-15(16)19(23)24/h2-9,12H,10-11H2,1H3. The Bertz CT molecular complexity index is 1100. The minimum Gasteiger partial charge on any atom is -0.497 e. The van der Waals surface area contributed by atoms with Crippen LogP contribution >= 0.6 is 0 Å². The van der Waals surface area contributed by atoms with E-state index in [9.17, 15) is 4.79 Å². The normalized spacial score (nSPS) is 11.0. The molecule has 0 atom stereocenters. The number of aromatic nitrogens is 4. The van der Waals surface area contributed by atoms with Crippen LogP contribution in [0.2, 0.25) is 0 Å². The molecule has 0 fully saturated rings. The molecular formula is C19H16N4O3. The predicted molar refractivity (Wildman–Crippen MR) is 95.2 cm³/mol. The van der Waals surface area contributed by atoms with Crippen LogP contribution < -0.4 is 10.3 Å². The third kappa shape index (κ3) is 3.19. The molecule has 2 heterocycles. The summed E-state index contributed by atoms with van der Waals surface area (Å²) >= 11 is 0. The van der Waals surface area contributed by atoms with E-state index in [2.05, 4.69) is 15.1 Å². The highest BCUT2D eigenvalue weighted by atomic mass is 16.5. The monoisotopic (exact) mass is 348 g/mol. The van der Waals surface area contributed by atoms with Crippen molar-refractivity contribution < 1.29 is 9.26 Å². The van der Waals surface area contributed by atoms with E-state index in [4.69, 9.17) is 9.26 Å². The SMILES string of the molecule is COc1ccc(Cc2nc(Cn3cnc4ccccc4c3=O)no2)cc1. The zero-order valence-electron chi connectivity index (χ0n) is 14.1. The van der Waals surface area contributed by atoms with Gasteiger partial charge in [0.15, 0.2) is 5.82 Å². The molecule has 4 rings (SSSR count). The van der Waals surface area contributed by atoms with Crippen LogP contribution in [0.4, 0.5) is 0 Å². The van der Waals surface area contributed by atoms with Crippen molar-refractivity contribution in [1.82, 2.24) is 19.7 Å². The average molecular weight is 348 g/mol. The van der Waals surface area contributed by atoms with Crippen LogP contribution in [0.15, 0.2) is 64.2 Å². The van der Waals surface area contributed by atoms with Crippen LogP contribution in [0.3, 0.4) is 0 Å². The van der Waals surface area contributed by atoms with Gasteiger partial charge >= 0.3 is 0 Å². The van der Waals surface area contributed by atoms with Crippen LogP contribution in [0.1, 0.15) is 17.3 Å². The maximum absolute atomic E-state index is 12.5. The summed E-state index contributed by atoms with van der Waals surface area (Å²) < 4.78 is 11.9. The van der Waals surface area contributed by atoms with Gasteiger partial charge in [-0.3, -0.25) is 9.36 Å². The summed E-state index contributed by atoms with van der Waals surface area (Å²) in [5.74, 6) is 1.72. The van der Waals surface area contributed by atoms with E-state index in [1.54, 1.807) is 13.2 Å². The Labute approximate surface area is 148 Å². The number of para-hydroxylation sites is 1. The topological polar surface area (TPSA) is 83.0 Å². The molecule has 0 saturated carbocycles. The summed E-state index contributed by atoms with van der Waals surface area (Å²) in [4.78, 5) is 21.2. The summed E-state index contributed by atoms with van der Waals surface area (Å²) in [7, 11) is 1.63. The van der Waals surface area contributed by atoms with Gasteiger partial charge in [-0.25, -0.2) is 4.98 Å². The zero-order valence-corrected chi connectivity index (χ0v) is 14.1. The molecule has 0 aliphatic carbocycles. The predicted octanol–water partition coefficient (Wildman–Crippen LogP) is 2.43. The van der Waals surface area contributed by atoms with E-state index in [1.807, 2.05) is 42.5 Å². The highest BCUT2D eigenvalue weighted by Crippen LogP contribution is 2.14. The number of ether oxygens (including phenoxy) is 1. The number of benzene rings is 2. The van der Waals surface area contributed by atoms with Crippen molar-refractivity contribution in [3.63, 3.8) is 0 Å². The molecule has 0 aliphatic heterocycles. The van der Waals surface area contributed by atoms with E-state index in [1.165, 1.54) is 10.9 Å². The van der Waals surface area contributed by atoms with Gasteiger partial charge in [-0.15, -0.1) is 0 Å². The molecule has 0 radical (unpaired) electrons. The average Bonchev–Trinajstić information content (AvgIpc) is 3.12. The first-order valence-electron chi connectivity index (χ1n) is 8.11. The molecule has 2 aromatic heterocycles. The highest BCUT2D eigenvalue weighted by Gasteiger charge is 2.10. The number of hydrogen-bond donors (Lipinski definition) is 0. The molecule has 2 aromatic carbocycles. The summed E-state index contributed by atoms with van der Waals surface area (Å²) in [6.45, 7) is 0.211. The lowest BCUT2D eigenvalue weighted by Gasteiger charge is -2.03. The number of methoxy groups -OCH3 is 1. The lowest BCUT2D eigenvalue weighted by atomic mass is 10.1. The van der Waals surface area contributed by atoms with Crippen LogP contribution in [0.25, 0.3) is 10.9 Å². The van der Waals surface area contributed by atoms with E-state index < -0.39 is 0 Å². The third-order valence-electron chi connectivity index (χ3n) is 4.07. The minimum absolute atomic E-state index is 0.128. The summed E-state index contributed by atoms with van der Waals surface area (Å²) in [5, 5.41) is 4.53. The molecule has 26 heavy (non-hydrogen) atoms. The Morgan fingerprint density at radius 1 is 1.12 bits per heavy atom. The first-order valence-corrected chi connectivity index (χ1v) is 8.11. The zero-order chi connectivity index (χ0) is 17.9. The van der Waals surface area contributed by atoms with Gasteiger partial charge in [0.1, 0.15) is 5.75 Å². The second-order valence-electron chi connectivity index (χ2n) is 5.82. The molecule has 0 unspecified atom stereocenters. The molecule has 0 N–H and O–H groups in total. The smallest absolute Gasteiger partial charge is 0.261 e. The Morgan fingerprint density at radius 2 is 1.92 bits per heavy atom. The van der Waals surface area contributed by atoms with Crippen molar-refractivity contribution in [2.45, 2.75) is 13.0 Å². The van der Waals surface area contributed by atoms with Crippen molar-refractivity contribution in [3.05, 3.63) is 82.5 Å². The Morgan fingerprint density at radius 3 is 2.73 bits per heavy atom. The second kappa shape index (κ2) is 6.79. The number of rotatable bonds is 5. The fraction of sp³-hybridized carbons (Fsp3) is 0.158. The lowest BCUT2D eigenvalue weighted by molar-refractivity contribution is 0.378. The quantitative estimate of drug-likeness (QED) is 0.551. The van der Waals surface area contributed by atoms with Gasteiger partial charge in [0.05, 0.1) is 37.3 Å². The molecule has 0 aliphatic rings. The molecule has 4 aromatic rings. The van der Waals surface area contributed by atoms with E-state index in [0.717, 1.165) is 11.3 Å². The molecule has 0 spiro atoms. The first-order chi connectivity index (χ1) is 12.7. The number of fused-ring (bicyclic) bond motifs is 1. The molecule has 7 heteroatoms. The summed E-state index contributed by atoms with van der Waals surface area (Å²) in [6, 6.07) is 14.9. The molecule has 0 bridgehead atoms. The van der Waals surface area contributed by atoms with Gasteiger partial charge in [0, 0.05) is 0 Å². The fourth-order valence-corrected chi connectivity index (χ4v) is 2.72. The van der Waals surface area contributed by atoms with Crippen LogP contribution in [-0.4, -0.2) is 26.8 Å². The molecular weight excluding hydrogens is 332 g/mol. The van der Waals surface area contributed by atoms with Gasteiger partial charge in [0.25, 0.3) is 5.56 Å². The highest BCUT2D eigenvalue weighted by molar-refractivity contribution is 5.76. The largest absolute Gasteiger partial charge is 0.497 e. The van der Waals surface area contributed by atoms with E-state index in [0.29, 0.717) is 29.0 Å². The molecule has 0 amide bonds. The van der Waals surface area contributed by atoms with Crippen LogP contribution in [-0.2, 0) is 13.0 Å². The van der Waals surface area contributed by atoms with Crippen molar-refractivity contribution in [2.24, 2.45) is 0 Å². The van der Waals surface area contributed by atoms with Gasteiger partial charge in [-0.05, 0) is 29.8 Å². The van der Waals surface area contributed by atoms with Crippen molar-refractivity contribution in [1.29, 1.82) is 0 Å². The first kappa shape index (κ1) is 16.0. The number of hydrogen-bond acceptors (Lipinski definition) is 6. The van der Waals surface area contributed by atoms with Crippen molar-refractivity contribution in [3.8, 4) is 5.75 Å². The molecule has 0 saturated heterocycles. The van der Waals surface area contributed by atoms with Crippen LogP contribution in [0.5, 0.6) is 5.75 Å². The van der Waals surface area contributed by atoms with Gasteiger partial charge in [0.2, 0.25) is 5.89 Å². The molecule has 130 valence electrons. The maximum Gasteiger partial charge on any atom is 0.261 e. The van der Waals surface area contributed by atoms with Crippen molar-refractivity contribution in [2.75, 3.05) is 7.11 Å². The third-order valence-corrected chi connectivity index (χ3v) is 4.07. The Balaban J connectivity index is 1.53. The Hall–Kier alpha value is -3.48. The van der Waals surface area contributed by atoms with Crippen LogP contribution in [0, 0.1) is 0 Å². The lowest BCUT2D eigenvalue weighted by Crippen LogP contribution is -2.21. The van der Waals surface area contributed by atoms with E-state index in [-0.39, 0.29) is 12.1 Å². The summed E-state index contributed by atoms with van der Waals surface area (Å²) in [5.41, 5.74) is 1.57.